The lowest BCUT2D eigenvalue weighted by molar-refractivity contribution is -0.143. The summed E-state index contributed by atoms with van der Waals surface area (Å²) in [5.74, 6) is -1.48. The molecule has 0 amide bonds. The van der Waals surface area contributed by atoms with Crippen LogP contribution in [-0.4, -0.2) is 22.2 Å². The maximum absolute atomic E-state index is 10.7. The lowest BCUT2D eigenvalue weighted by atomic mass is 9.79. The molecule has 2 N–H and O–H groups in total. The molecule has 14 heavy (non-hydrogen) atoms. The Kier molecular flexibility index (Phi) is 3.92. The van der Waals surface area contributed by atoms with Gasteiger partial charge in [0.1, 0.15) is 0 Å². The van der Waals surface area contributed by atoms with Crippen molar-refractivity contribution in [1.29, 1.82) is 0 Å². The molecule has 1 aliphatic rings. The third-order valence-corrected chi connectivity index (χ3v) is 2.90. The number of carboxylic acid groups (broad SMARTS) is 2. The van der Waals surface area contributed by atoms with Crippen LogP contribution >= 0.6 is 0 Å². The van der Waals surface area contributed by atoms with E-state index in [0.717, 1.165) is 19.3 Å². The number of rotatable bonds is 4. The third-order valence-electron chi connectivity index (χ3n) is 2.90. The summed E-state index contributed by atoms with van der Waals surface area (Å²) in [4.78, 5) is 21.1. The Morgan fingerprint density at radius 2 is 1.93 bits per heavy atom. The maximum atomic E-state index is 10.7. The van der Waals surface area contributed by atoms with Crippen LogP contribution in [0.1, 0.15) is 38.5 Å². The molecule has 0 aromatic carbocycles. The van der Waals surface area contributed by atoms with Crippen LogP contribution < -0.4 is 0 Å². The number of carbonyl (C=O) groups is 2. The van der Waals surface area contributed by atoms with Crippen molar-refractivity contribution in [2.75, 3.05) is 0 Å². The summed E-state index contributed by atoms with van der Waals surface area (Å²) in [5.41, 5.74) is 0. The van der Waals surface area contributed by atoms with Gasteiger partial charge in [0.25, 0.3) is 0 Å². The second-order valence-corrected chi connectivity index (χ2v) is 4.00. The Morgan fingerprint density at radius 3 is 2.50 bits per heavy atom. The van der Waals surface area contributed by atoms with E-state index < -0.39 is 11.9 Å². The molecule has 1 aliphatic carbocycles. The van der Waals surface area contributed by atoms with E-state index in [1.165, 1.54) is 0 Å². The molecule has 0 aliphatic heterocycles. The fraction of sp³-hybridized carbons (Fsp3) is 0.800. The summed E-state index contributed by atoms with van der Waals surface area (Å²) in [7, 11) is 0. The number of aliphatic carboxylic acids is 2. The summed E-state index contributed by atoms with van der Waals surface area (Å²) in [5, 5.41) is 17.3. The Morgan fingerprint density at radius 1 is 1.21 bits per heavy atom. The first-order valence-corrected chi connectivity index (χ1v) is 5.04. The molecule has 2 unspecified atom stereocenters. The monoisotopic (exact) mass is 200 g/mol. The summed E-state index contributed by atoms with van der Waals surface area (Å²) in [6.45, 7) is 0. The fourth-order valence-corrected chi connectivity index (χ4v) is 2.11. The lowest BCUT2D eigenvalue weighted by Crippen LogP contribution is -2.22. The van der Waals surface area contributed by atoms with E-state index in [1.807, 2.05) is 0 Å². The number of hydrogen-bond donors (Lipinski definition) is 2. The predicted molar refractivity (Wildman–Crippen MR) is 50.0 cm³/mol. The average Bonchev–Trinajstić information content (AvgIpc) is 2.15. The van der Waals surface area contributed by atoms with Gasteiger partial charge in [-0.2, -0.15) is 0 Å². The van der Waals surface area contributed by atoms with Gasteiger partial charge in [-0.3, -0.25) is 9.59 Å². The van der Waals surface area contributed by atoms with Gasteiger partial charge in [-0.1, -0.05) is 12.8 Å². The topological polar surface area (TPSA) is 74.6 Å². The number of hydrogen-bond acceptors (Lipinski definition) is 2. The van der Waals surface area contributed by atoms with E-state index in [0.29, 0.717) is 18.8 Å². The zero-order valence-corrected chi connectivity index (χ0v) is 8.11. The van der Waals surface area contributed by atoms with Crippen molar-refractivity contribution in [2.45, 2.75) is 38.5 Å². The summed E-state index contributed by atoms with van der Waals surface area (Å²) >= 11 is 0. The minimum atomic E-state index is -0.789. The molecule has 0 aromatic heterocycles. The van der Waals surface area contributed by atoms with E-state index in [-0.39, 0.29) is 12.3 Å². The zero-order chi connectivity index (χ0) is 10.6. The number of carboxylic acids is 2. The van der Waals surface area contributed by atoms with Crippen molar-refractivity contribution >= 4 is 11.9 Å². The molecular formula is C10H16O4. The van der Waals surface area contributed by atoms with Gasteiger partial charge in [-0.05, 0) is 25.2 Å². The fourth-order valence-electron chi connectivity index (χ4n) is 2.11. The van der Waals surface area contributed by atoms with E-state index in [9.17, 15) is 9.59 Å². The standard InChI is InChI=1S/C10H16O4/c11-9(12)5-4-7-2-1-3-8(6-7)10(13)14/h7-8H,1-6H2,(H,11,12)(H,13,14). The molecule has 0 spiro atoms. The normalized spacial score (nSPS) is 27.1. The zero-order valence-electron chi connectivity index (χ0n) is 8.11. The van der Waals surface area contributed by atoms with Crippen LogP contribution in [0.3, 0.4) is 0 Å². The second kappa shape index (κ2) is 4.98. The van der Waals surface area contributed by atoms with Gasteiger partial charge in [-0.15, -0.1) is 0 Å². The van der Waals surface area contributed by atoms with Crippen LogP contribution in [0, 0.1) is 11.8 Å². The van der Waals surface area contributed by atoms with Gasteiger partial charge in [0.15, 0.2) is 0 Å². The van der Waals surface area contributed by atoms with E-state index >= 15 is 0 Å². The van der Waals surface area contributed by atoms with Crippen LogP contribution in [0.4, 0.5) is 0 Å². The van der Waals surface area contributed by atoms with Gasteiger partial charge in [0.2, 0.25) is 0 Å². The van der Waals surface area contributed by atoms with Gasteiger partial charge >= 0.3 is 11.9 Å². The van der Waals surface area contributed by atoms with Crippen LogP contribution in [-0.2, 0) is 9.59 Å². The molecule has 4 heteroatoms. The Hall–Kier alpha value is -1.06. The summed E-state index contributed by atoms with van der Waals surface area (Å²) in [6.07, 6.45) is 4.09. The Labute approximate surface area is 82.9 Å². The van der Waals surface area contributed by atoms with Crippen molar-refractivity contribution in [2.24, 2.45) is 11.8 Å². The van der Waals surface area contributed by atoms with Crippen LogP contribution in [0.2, 0.25) is 0 Å². The van der Waals surface area contributed by atoms with Crippen LogP contribution in [0.15, 0.2) is 0 Å². The molecule has 0 heterocycles. The highest BCUT2D eigenvalue weighted by molar-refractivity contribution is 5.70. The molecule has 0 saturated heterocycles. The van der Waals surface area contributed by atoms with Crippen molar-refractivity contribution in [3.8, 4) is 0 Å². The highest BCUT2D eigenvalue weighted by Crippen LogP contribution is 2.31. The van der Waals surface area contributed by atoms with Gasteiger partial charge < -0.3 is 10.2 Å². The molecule has 80 valence electrons. The largest absolute Gasteiger partial charge is 0.481 e. The SMILES string of the molecule is O=C(O)CCC1CCCC(C(=O)O)C1. The molecule has 1 saturated carbocycles. The van der Waals surface area contributed by atoms with Gasteiger partial charge in [0, 0.05) is 6.42 Å². The van der Waals surface area contributed by atoms with E-state index in [2.05, 4.69) is 0 Å². The van der Waals surface area contributed by atoms with Crippen molar-refractivity contribution in [1.82, 2.24) is 0 Å². The molecule has 1 fully saturated rings. The van der Waals surface area contributed by atoms with Gasteiger partial charge in [-0.25, -0.2) is 0 Å². The average molecular weight is 200 g/mol. The van der Waals surface area contributed by atoms with Crippen LogP contribution in [0.5, 0.6) is 0 Å². The van der Waals surface area contributed by atoms with Crippen molar-refractivity contribution in [3.05, 3.63) is 0 Å². The van der Waals surface area contributed by atoms with E-state index in [4.69, 9.17) is 10.2 Å². The maximum Gasteiger partial charge on any atom is 0.306 e. The smallest absolute Gasteiger partial charge is 0.306 e. The highest BCUT2D eigenvalue weighted by Gasteiger charge is 2.26. The van der Waals surface area contributed by atoms with E-state index in [1.54, 1.807) is 0 Å². The first kappa shape index (κ1) is 11.0. The van der Waals surface area contributed by atoms with Crippen molar-refractivity contribution < 1.29 is 19.8 Å². The van der Waals surface area contributed by atoms with Crippen molar-refractivity contribution in [3.63, 3.8) is 0 Å². The van der Waals surface area contributed by atoms with Crippen LogP contribution in [0.25, 0.3) is 0 Å². The summed E-state index contributed by atoms with van der Waals surface area (Å²) in [6, 6.07) is 0. The molecule has 4 nitrogen and oxygen atoms in total. The minimum absolute atomic E-state index is 0.164. The molecule has 0 aromatic rings. The molecule has 1 rings (SSSR count). The summed E-state index contributed by atoms with van der Waals surface area (Å²) < 4.78 is 0. The Bertz CT molecular complexity index is 224. The Balaban J connectivity index is 2.32. The molecule has 0 bridgehead atoms. The highest BCUT2D eigenvalue weighted by atomic mass is 16.4. The lowest BCUT2D eigenvalue weighted by Gasteiger charge is -2.25. The third kappa shape index (κ3) is 3.36. The first-order valence-electron chi connectivity index (χ1n) is 5.04. The first-order chi connectivity index (χ1) is 6.59. The molecular weight excluding hydrogens is 184 g/mol. The van der Waals surface area contributed by atoms with Gasteiger partial charge in [0.05, 0.1) is 5.92 Å². The predicted octanol–water partition coefficient (Wildman–Crippen LogP) is 1.74. The second-order valence-electron chi connectivity index (χ2n) is 4.00. The quantitative estimate of drug-likeness (QED) is 0.724. The molecule has 0 radical (unpaired) electrons. The minimum Gasteiger partial charge on any atom is -0.481 e. The molecule has 2 atom stereocenters.